The maximum Gasteiger partial charge on any atom is 0.237 e. The van der Waals surface area contributed by atoms with Crippen molar-refractivity contribution < 1.29 is 14.4 Å². The summed E-state index contributed by atoms with van der Waals surface area (Å²) in [7, 11) is 0. The fourth-order valence-electron chi connectivity index (χ4n) is 1.77. The molecule has 0 bridgehead atoms. The van der Waals surface area contributed by atoms with Crippen molar-refractivity contribution in [1.82, 2.24) is 0 Å². The van der Waals surface area contributed by atoms with Gasteiger partial charge in [-0.15, -0.1) is 0 Å². The summed E-state index contributed by atoms with van der Waals surface area (Å²) in [5.41, 5.74) is 1.40. The molecule has 0 aromatic heterocycles. The van der Waals surface area contributed by atoms with Gasteiger partial charge in [-0.05, 0) is 19.9 Å². The van der Waals surface area contributed by atoms with Crippen LogP contribution < -0.4 is 0 Å². The molecule has 0 saturated carbocycles. The average Bonchev–Trinajstić information content (AvgIpc) is 2.36. The first-order chi connectivity index (χ1) is 8.52. The highest BCUT2D eigenvalue weighted by Gasteiger charge is 2.34. The van der Waals surface area contributed by atoms with Crippen molar-refractivity contribution >= 4 is 17.3 Å². The van der Waals surface area contributed by atoms with Gasteiger partial charge in [0, 0.05) is 11.1 Å². The Morgan fingerprint density at radius 1 is 0.889 bits per heavy atom. The monoisotopic (exact) mass is 240 g/mol. The van der Waals surface area contributed by atoms with Gasteiger partial charge in [0.1, 0.15) is 0 Å². The van der Waals surface area contributed by atoms with Crippen LogP contribution in [0.1, 0.15) is 34.6 Å². The molecule has 1 aromatic rings. The predicted molar refractivity (Wildman–Crippen MR) is 67.6 cm³/mol. The maximum atomic E-state index is 12.1. The van der Waals surface area contributed by atoms with Crippen molar-refractivity contribution in [2.75, 3.05) is 0 Å². The molecule has 0 aliphatic heterocycles. The van der Waals surface area contributed by atoms with E-state index in [1.807, 2.05) is 13.8 Å². The number of benzene rings is 1. The summed E-state index contributed by atoms with van der Waals surface area (Å²) >= 11 is 0. The summed E-state index contributed by atoms with van der Waals surface area (Å²) in [6.07, 6.45) is 3.08. The van der Waals surface area contributed by atoms with Gasteiger partial charge in [-0.25, -0.2) is 0 Å². The quantitative estimate of drug-likeness (QED) is 0.430. The van der Waals surface area contributed by atoms with E-state index >= 15 is 0 Å². The highest BCUT2D eigenvalue weighted by Crippen LogP contribution is 2.22. The largest absolute Gasteiger partial charge is 0.288 e. The van der Waals surface area contributed by atoms with E-state index in [-0.39, 0.29) is 16.9 Å². The molecule has 1 aliphatic rings. The lowest BCUT2D eigenvalue weighted by molar-refractivity contribution is -0.111. The number of fused-ring (bicyclic) bond motifs is 1. The molecule has 0 unspecified atom stereocenters. The molecule has 18 heavy (non-hydrogen) atoms. The summed E-state index contributed by atoms with van der Waals surface area (Å²) in [4.78, 5) is 35.8. The van der Waals surface area contributed by atoms with Gasteiger partial charge in [-0.1, -0.05) is 35.9 Å². The van der Waals surface area contributed by atoms with Crippen LogP contribution in [0.5, 0.6) is 0 Å². The van der Waals surface area contributed by atoms with E-state index in [9.17, 15) is 14.4 Å². The van der Waals surface area contributed by atoms with Gasteiger partial charge in [-0.2, -0.15) is 0 Å². The van der Waals surface area contributed by atoms with Crippen molar-refractivity contribution in [1.29, 1.82) is 0 Å². The minimum absolute atomic E-state index is 0.0556. The molecule has 0 heterocycles. The van der Waals surface area contributed by atoms with Gasteiger partial charge >= 0.3 is 0 Å². The number of allylic oxidation sites excluding steroid dienone is 4. The molecule has 0 saturated heterocycles. The van der Waals surface area contributed by atoms with Crippen molar-refractivity contribution in [3.05, 3.63) is 58.7 Å². The SMILES string of the molecule is CC(C)=CC=C1C(=O)C(=O)c2ccccc2C1=O. The molecule has 3 nitrogen and oxygen atoms in total. The fourth-order valence-corrected chi connectivity index (χ4v) is 1.77. The Morgan fingerprint density at radius 2 is 1.44 bits per heavy atom. The first-order valence-electron chi connectivity index (χ1n) is 5.60. The van der Waals surface area contributed by atoms with E-state index in [1.54, 1.807) is 24.3 Å². The number of ketones is 3. The lowest BCUT2D eigenvalue weighted by Gasteiger charge is -2.14. The van der Waals surface area contributed by atoms with Crippen molar-refractivity contribution in [3.63, 3.8) is 0 Å². The number of carbonyl (C=O) groups excluding carboxylic acids is 3. The Bertz CT molecular complexity index is 614. The zero-order chi connectivity index (χ0) is 13.3. The number of hydrogen-bond donors (Lipinski definition) is 0. The highest BCUT2D eigenvalue weighted by atomic mass is 16.2. The topological polar surface area (TPSA) is 51.2 Å². The second-order valence-electron chi connectivity index (χ2n) is 4.36. The van der Waals surface area contributed by atoms with Crippen LogP contribution in [0.4, 0.5) is 0 Å². The first kappa shape index (κ1) is 12.2. The van der Waals surface area contributed by atoms with Crippen LogP contribution in [-0.4, -0.2) is 17.3 Å². The minimum Gasteiger partial charge on any atom is -0.288 e. The van der Waals surface area contributed by atoms with Crippen LogP contribution in [0.3, 0.4) is 0 Å². The Labute approximate surface area is 105 Å². The molecule has 0 N–H and O–H groups in total. The number of carbonyl (C=O) groups is 3. The summed E-state index contributed by atoms with van der Waals surface area (Å²) in [5.74, 6) is -1.72. The molecule has 0 fully saturated rings. The molecule has 90 valence electrons. The molecule has 1 aromatic carbocycles. The zero-order valence-electron chi connectivity index (χ0n) is 10.2. The number of hydrogen-bond acceptors (Lipinski definition) is 3. The Kier molecular flexibility index (Phi) is 3.06. The van der Waals surface area contributed by atoms with Crippen molar-refractivity contribution in [2.45, 2.75) is 13.8 Å². The highest BCUT2D eigenvalue weighted by molar-refractivity contribution is 6.59. The summed E-state index contributed by atoms with van der Waals surface area (Å²) < 4.78 is 0. The maximum absolute atomic E-state index is 12.1. The number of rotatable bonds is 1. The summed E-state index contributed by atoms with van der Waals surface area (Å²) in [5, 5.41) is 0. The van der Waals surface area contributed by atoms with Gasteiger partial charge in [0.15, 0.2) is 5.78 Å². The predicted octanol–water partition coefficient (Wildman–Crippen LogP) is 2.53. The second kappa shape index (κ2) is 4.53. The van der Waals surface area contributed by atoms with Crippen LogP contribution in [0.2, 0.25) is 0 Å². The van der Waals surface area contributed by atoms with Gasteiger partial charge in [0.25, 0.3) is 0 Å². The van der Waals surface area contributed by atoms with Crippen LogP contribution in [0.15, 0.2) is 47.6 Å². The molecular weight excluding hydrogens is 228 g/mol. The molecule has 0 spiro atoms. The molecule has 3 heteroatoms. The Hall–Kier alpha value is -2.29. The molecular formula is C15H12O3. The Morgan fingerprint density at radius 3 is 2.00 bits per heavy atom. The third-order valence-corrected chi connectivity index (χ3v) is 2.70. The first-order valence-corrected chi connectivity index (χ1v) is 5.60. The molecule has 1 aliphatic carbocycles. The molecule has 0 radical (unpaired) electrons. The third-order valence-electron chi connectivity index (χ3n) is 2.70. The normalized spacial score (nSPS) is 16.8. The van der Waals surface area contributed by atoms with E-state index in [0.29, 0.717) is 5.56 Å². The van der Waals surface area contributed by atoms with Gasteiger partial charge < -0.3 is 0 Å². The average molecular weight is 240 g/mol. The van der Waals surface area contributed by atoms with E-state index in [2.05, 4.69) is 0 Å². The van der Waals surface area contributed by atoms with Gasteiger partial charge in [-0.3, -0.25) is 14.4 Å². The van der Waals surface area contributed by atoms with Crippen LogP contribution >= 0.6 is 0 Å². The summed E-state index contributed by atoms with van der Waals surface area (Å²) in [6.45, 7) is 3.70. The lowest BCUT2D eigenvalue weighted by Crippen LogP contribution is -2.29. The smallest absolute Gasteiger partial charge is 0.237 e. The van der Waals surface area contributed by atoms with E-state index < -0.39 is 11.6 Å². The van der Waals surface area contributed by atoms with E-state index in [1.165, 1.54) is 12.1 Å². The summed E-state index contributed by atoms with van der Waals surface area (Å²) in [6, 6.07) is 6.39. The van der Waals surface area contributed by atoms with Crippen LogP contribution in [0, 0.1) is 0 Å². The zero-order valence-corrected chi connectivity index (χ0v) is 10.2. The molecule has 2 rings (SSSR count). The standard InChI is InChI=1S/C15H12O3/c1-9(2)7-8-12-13(16)10-5-3-4-6-11(10)14(17)15(12)18/h3-8H,1-2H3. The molecule has 0 amide bonds. The van der Waals surface area contributed by atoms with Crippen LogP contribution in [0.25, 0.3) is 0 Å². The van der Waals surface area contributed by atoms with Crippen molar-refractivity contribution in [3.8, 4) is 0 Å². The van der Waals surface area contributed by atoms with Crippen LogP contribution in [-0.2, 0) is 4.79 Å². The third kappa shape index (κ3) is 1.95. The minimum atomic E-state index is -0.726. The van der Waals surface area contributed by atoms with Crippen molar-refractivity contribution in [2.24, 2.45) is 0 Å². The number of Topliss-reactive ketones (excluding diaryl/α,β-unsaturated/α-hetero) is 3. The second-order valence-corrected chi connectivity index (χ2v) is 4.36. The fraction of sp³-hybridized carbons (Fsp3) is 0.133. The lowest BCUT2D eigenvalue weighted by atomic mass is 9.85. The van der Waals surface area contributed by atoms with Gasteiger partial charge in [0.2, 0.25) is 11.6 Å². The van der Waals surface area contributed by atoms with E-state index in [4.69, 9.17) is 0 Å². The Balaban J connectivity index is 2.60. The molecule has 0 atom stereocenters. The van der Waals surface area contributed by atoms with E-state index in [0.717, 1.165) is 5.57 Å². The van der Waals surface area contributed by atoms with Gasteiger partial charge in [0.05, 0.1) is 5.57 Å².